The maximum absolute atomic E-state index is 11.3. The van der Waals surface area contributed by atoms with Gasteiger partial charge in [0.25, 0.3) is 5.91 Å². The Kier molecular flexibility index (Phi) is 1.72. The molecule has 1 unspecified atom stereocenters. The monoisotopic (exact) mass is 229 g/mol. The van der Waals surface area contributed by atoms with Crippen LogP contribution in [0.1, 0.15) is 29.0 Å². The molecule has 1 amide bonds. The van der Waals surface area contributed by atoms with Crippen LogP contribution >= 0.6 is 15.9 Å². The third kappa shape index (κ3) is 1.06. The molecule has 1 aliphatic heterocycles. The molecule has 64 valence electrons. The fourth-order valence-corrected chi connectivity index (χ4v) is 1.75. The average molecular weight is 230 g/mol. The van der Waals surface area contributed by atoms with Gasteiger partial charge in [0, 0.05) is 18.5 Å². The molecule has 1 aromatic heterocycles. The Morgan fingerprint density at radius 3 is 3.17 bits per heavy atom. The van der Waals surface area contributed by atoms with E-state index in [0.717, 1.165) is 5.76 Å². The number of hydrogen-bond donors (Lipinski definition) is 1. The first-order chi connectivity index (χ1) is 5.68. The van der Waals surface area contributed by atoms with Crippen LogP contribution in [-0.4, -0.2) is 12.5 Å². The summed E-state index contributed by atoms with van der Waals surface area (Å²) in [5, 5.41) is 2.78. The molecule has 0 spiro atoms. The third-order valence-electron chi connectivity index (χ3n) is 1.99. The van der Waals surface area contributed by atoms with Crippen molar-refractivity contribution in [3.63, 3.8) is 0 Å². The van der Waals surface area contributed by atoms with Crippen LogP contribution in [0.5, 0.6) is 0 Å². The molecule has 0 fully saturated rings. The van der Waals surface area contributed by atoms with Crippen LogP contribution in [0.4, 0.5) is 0 Å². The maximum atomic E-state index is 11.3. The SMILES string of the molecule is CC1CNC(=O)c2cc(Br)oc21. The molecule has 4 heteroatoms. The number of carbonyl (C=O) groups excluding carboxylic acids is 1. The summed E-state index contributed by atoms with van der Waals surface area (Å²) in [7, 11) is 0. The van der Waals surface area contributed by atoms with Gasteiger partial charge in [-0.2, -0.15) is 0 Å². The summed E-state index contributed by atoms with van der Waals surface area (Å²) in [6, 6.07) is 1.71. The Labute approximate surface area is 78.3 Å². The van der Waals surface area contributed by atoms with Crippen molar-refractivity contribution in [3.8, 4) is 0 Å². The standard InChI is InChI=1S/C8H8BrNO2/c1-4-3-10-8(11)5-2-6(9)12-7(4)5/h2,4H,3H2,1H3,(H,10,11). The Morgan fingerprint density at radius 1 is 1.75 bits per heavy atom. The predicted octanol–water partition coefficient (Wildman–Crippen LogP) is 1.89. The molecular formula is C8H8BrNO2. The topological polar surface area (TPSA) is 42.2 Å². The van der Waals surface area contributed by atoms with Gasteiger partial charge in [-0.3, -0.25) is 4.79 Å². The highest BCUT2D eigenvalue weighted by Gasteiger charge is 2.26. The lowest BCUT2D eigenvalue weighted by Crippen LogP contribution is -2.32. The molecular weight excluding hydrogens is 222 g/mol. The van der Waals surface area contributed by atoms with E-state index in [0.29, 0.717) is 16.8 Å². The fraction of sp³-hybridized carbons (Fsp3) is 0.375. The van der Waals surface area contributed by atoms with E-state index >= 15 is 0 Å². The summed E-state index contributed by atoms with van der Waals surface area (Å²) in [6.45, 7) is 2.68. The number of fused-ring (bicyclic) bond motifs is 1. The molecule has 1 N–H and O–H groups in total. The number of halogens is 1. The Morgan fingerprint density at radius 2 is 2.50 bits per heavy atom. The van der Waals surface area contributed by atoms with Crippen molar-refractivity contribution in [1.82, 2.24) is 5.32 Å². The Balaban J connectivity index is 2.54. The summed E-state index contributed by atoms with van der Waals surface area (Å²) < 4.78 is 5.97. The molecule has 2 heterocycles. The summed E-state index contributed by atoms with van der Waals surface area (Å²) in [5.74, 6) is 1.01. The van der Waals surface area contributed by atoms with Gasteiger partial charge in [0.05, 0.1) is 5.56 Å². The van der Waals surface area contributed by atoms with Crippen LogP contribution in [0.15, 0.2) is 15.2 Å². The van der Waals surface area contributed by atoms with Gasteiger partial charge in [-0.1, -0.05) is 6.92 Å². The molecule has 1 aromatic rings. The van der Waals surface area contributed by atoms with E-state index < -0.39 is 0 Å². The van der Waals surface area contributed by atoms with Crippen LogP contribution in [0.2, 0.25) is 0 Å². The number of carbonyl (C=O) groups is 1. The van der Waals surface area contributed by atoms with E-state index in [-0.39, 0.29) is 11.8 Å². The number of furan rings is 1. The lowest BCUT2D eigenvalue weighted by Gasteiger charge is -2.16. The van der Waals surface area contributed by atoms with Crippen molar-refractivity contribution < 1.29 is 9.21 Å². The van der Waals surface area contributed by atoms with E-state index in [2.05, 4.69) is 21.2 Å². The van der Waals surface area contributed by atoms with Gasteiger partial charge in [-0.15, -0.1) is 0 Å². The summed E-state index contributed by atoms with van der Waals surface area (Å²) in [5.41, 5.74) is 0.653. The average Bonchev–Trinajstić information content (AvgIpc) is 2.41. The van der Waals surface area contributed by atoms with Crippen LogP contribution in [-0.2, 0) is 0 Å². The molecule has 3 nitrogen and oxygen atoms in total. The third-order valence-corrected chi connectivity index (χ3v) is 2.38. The lowest BCUT2D eigenvalue weighted by atomic mass is 10.0. The second kappa shape index (κ2) is 2.62. The van der Waals surface area contributed by atoms with E-state index in [1.54, 1.807) is 6.07 Å². The number of amides is 1. The maximum Gasteiger partial charge on any atom is 0.254 e. The Bertz CT molecular complexity index is 332. The summed E-state index contributed by atoms with van der Waals surface area (Å²) in [6.07, 6.45) is 0. The van der Waals surface area contributed by atoms with Crippen LogP contribution in [0.3, 0.4) is 0 Å². The van der Waals surface area contributed by atoms with Gasteiger partial charge in [0.2, 0.25) is 0 Å². The molecule has 0 aromatic carbocycles. The number of nitrogens with one attached hydrogen (secondary N) is 1. The zero-order valence-electron chi connectivity index (χ0n) is 6.56. The van der Waals surface area contributed by atoms with E-state index in [1.807, 2.05) is 6.92 Å². The first-order valence-electron chi connectivity index (χ1n) is 3.76. The van der Waals surface area contributed by atoms with Crippen LogP contribution in [0.25, 0.3) is 0 Å². The van der Waals surface area contributed by atoms with Crippen molar-refractivity contribution in [1.29, 1.82) is 0 Å². The van der Waals surface area contributed by atoms with E-state index in [1.165, 1.54) is 0 Å². The highest BCUT2D eigenvalue weighted by molar-refractivity contribution is 9.10. The van der Waals surface area contributed by atoms with Gasteiger partial charge in [0.1, 0.15) is 5.76 Å². The largest absolute Gasteiger partial charge is 0.453 e. The second-order valence-electron chi connectivity index (χ2n) is 2.94. The second-order valence-corrected chi connectivity index (χ2v) is 3.72. The van der Waals surface area contributed by atoms with Crippen molar-refractivity contribution in [2.45, 2.75) is 12.8 Å². The smallest absolute Gasteiger partial charge is 0.254 e. The van der Waals surface area contributed by atoms with Gasteiger partial charge in [-0.25, -0.2) is 0 Å². The molecule has 1 aliphatic rings. The van der Waals surface area contributed by atoms with E-state index in [4.69, 9.17) is 4.42 Å². The van der Waals surface area contributed by atoms with Gasteiger partial charge in [0.15, 0.2) is 4.67 Å². The van der Waals surface area contributed by atoms with Crippen molar-refractivity contribution >= 4 is 21.8 Å². The molecule has 12 heavy (non-hydrogen) atoms. The molecule has 0 saturated heterocycles. The zero-order valence-corrected chi connectivity index (χ0v) is 8.14. The van der Waals surface area contributed by atoms with Crippen LogP contribution < -0.4 is 5.32 Å². The number of rotatable bonds is 0. The fourth-order valence-electron chi connectivity index (χ4n) is 1.35. The minimum absolute atomic E-state index is 0.0439. The highest BCUT2D eigenvalue weighted by atomic mass is 79.9. The van der Waals surface area contributed by atoms with Crippen molar-refractivity contribution in [3.05, 3.63) is 22.1 Å². The predicted molar refractivity (Wildman–Crippen MR) is 47.2 cm³/mol. The quantitative estimate of drug-likeness (QED) is 0.739. The Hall–Kier alpha value is -0.770. The molecule has 1 atom stereocenters. The first-order valence-corrected chi connectivity index (χ1v) is 4.55. The summed E-state index contributed by atoms with van der Waals surface area (Å²) in [4.78, 5) is 11.3. The normalized spacial score (nSPS) is 21.8. The highest BCUT2D eigenvalue weighted by Crippen LogP contribution is 2.29. The zero-order chi connectivity index (χ0) is 8.72. The van der Waals surface area contributed by atoms with Crippen LogP contribution in [0, 0.1) is 0 Å². The first kappa shape index (κ1) is 7.86. The minimum Gasteiger partial charge on any atom is -0.453 e. The molecule has 0 bridgehead atoms. The van der Waals surface area contributed by atoms with Gasteiger partial charge >= 0.3 is 0 Å². The van der Waals surface area contributed by atoms with Crippen molar-refractivity contribution in [2.75, 3.05) is 6.54 Å². The minimum atomic E-state index is -0.0439. The molecule has 0 saturated carbocycles. The number of hydrogen-bond acceptors (Lipinski definition) is 2. The molecule has 2 rings (SSSR count). The van der Waals surface area contributed by atoms with E-state index in [9.17, 15) is 4.79 Å². The lowest BCUT2D eigenvalue weighted by molar-refractivity contribution is 0.0937. The molecule has 0 radical (unpaired) electrons. The van der Waals surface area contributed by atoms with Gasteiger partial charge in [-0.05, 0) is 15.9 Å². The molecule has 0 aliphatic carbocycles. The van der Waals surface area contributed by atoms with Gasteiger partial charge < -0.3 is 9.73 Å². The summed E-state index contributed by atoms with van der Waals surface area (Å²) >= 11 is 3.20. The van der Waals surface area contributed by atoms with Crippen molar-refractivity contribution in [2.24, 2.45) is 0 Å².